The molecular weight excluding hydrogens is 180 g/mol. The molecule has 0 aromatic heterocycles. The lowest BCUT2D eigenvalue weighted by Gasteiger charge is -2.47. The molecule has 4 heteroatoms. The average Bonchev–Trinajstić information content (AvgIpc) is 2.00. The summed E-state index contributed by atoms with van der Waals surface area (Å²) >= 11 is 1.61. The summed E-state index contributed by atoms with van der Waals surface area (Å²) in [4.78, 5) is 1.12. The minimum atomic E-state index is -2.57. The second-order valence-electron chi connectivity index (χ2n) is 3.24. The summed E-state index contributed by atoms with van der Waals surface area (Å²) in [5, 5.41) is 0.0706. The molecule has 0 aliphatic carbocycles. The highest BCUT2D eigenvalue weighted by molar-refractivity contribution is 7.99. The minimum absolute atomic E-state index is 0.0706. The van der Waals surface area contributed by atoms with Crippen molar-refractivity contribution in [2.75, 3.05) is 19.3 Å². The summed E-state index contributed by atoms with van der Waals surface area (Å²) < 4.78 is 26.2. The average molecular weight is 195 g/mol. The summed E-state index contributed by atoms with van der Waals surface area (Å²) in [6.07, 6.45) is 0. The van der Waals surface area contributed by atoms with E-state index >= 15 is 0 Å². The smallest absolute Gasteiger partial charge is 0.247 e. The van der Waals surface area contributed by atoms with Crippen LogP contribution in [0, 0.1) is 5.92 Å². The molecule has 1 aliphatic heterocycles. The van der Waals surface area contributed by atoms with E-state index in [0.29, 0.717) is 6.54 Å². The highest BCUT2D eigenvalue weighted by Crippen LogP contribution is 2.43. The van der Waals surface area contributed by atoms with E-state index in [4.69, 9.17) is 0 Å². The van der Waals surface area contributed by atoms with Gasteiger partial charge in [0, 0.05) is 11.8 Å². The fraction of sp³-hybridized carbons (Fsp3) is 1.00. The predicted molar refractivity (Wildman–Crippen MR) is 48.7 cm³/mol. The number of halogens is 2. The Morgan fingerprint density at radius 3 is 2.58 bits per heavy atom. The molecular formula is C8H15F2NS. The van der Waals surface area contributed by atoms with Gasteiger partial charge in [0.2, 0.25) is 0 Å². The Hall–Kier alpha value is 0.170. The van der Waals surface area contributed by atoms with Gasteiger partial charge in [-0.1, -0.05) is 13.8 Å². The summed E-state index contributed by atoms with van der Waals surface area (Å²) in [5.41, 5.74) is 0. The third-order valence-electron chi connectivity index (χ3n) is 2.42. The number of alkyl halides is 2. The second-order valence-corrected chi connectivity index (χ2v) is 4.89. The Kier molecular flexibility index (Phi) is 2.99. The van der Waals surface area contributed by atoms with E-state index in [9.17, 15) is 8.78 Å². The third kappa shape index (κ3) is 1.59. The van der Waals surface area contributed by atoms with Gasteiger partial charge in [0.1, 0.15) is 0 Å². The zero-order valence-electron chi connectivity index (χ0n) is 7.68. The van der Waals surface area contributed by atoms with Gasteiger partial charge in [0.15, 0.2) is 0 Å². The van der Waals surface area contributed by atoms with Crippen LogP contribution in [0.4, 0.5) is 8.78 Å². The van der Waals surface area contributed by atoms with Crippen LogP contribution in [0.2, 0.25) is 0 Å². The molecule has 1 heterocycles. The van der Waals surface area contributed by atoms with E-state index in [1.54, 1.807) is 11.8 Å². The molecule has 0 aromatic rings. The Balaban J connectivity index is 2.45. The summed E-state index contributed by atoms with van der Waals surface area (Å²) in [5.74, 6) is 0.463. The van der Waals surface area contributed by atoms with Crippen molar-refractivity contribution in [1.82, 2.24) is 4.90 Å². The molecule has 1 aliphatic rings. The molecule has 1 fully saturated rings. The van der Waals surface area contributed by atoms with Crippen molar-refractivity contribution in [1.29, 1.82) is 0 Å². The first-order chi connectivity index (χ1) is 5.50. The first kappa shape index (κ1) is 10.3. The van der Waals surface area contributed by atoms with Crippen molar-refractivity contribution in [2.45, 2.75) is 25.1 Å². The Morgan fingerprint density at radius 1 is 1.67 bits per heavy atom. The van der Waals surface area contributed by atoms with E-state index < -0.39 is 12.0 Å². The number of rotatable bonds is 3. The quantitative estimate of drug-likeness (QED) is 0.636. The molecule has 0 radical (unpaired) electrons. The van der Waals surface area contributed by atoms with Crippen LogP contribution in [0.25, 0.3) is 0 Å². The van der Waals surface area contributed by atoms with E-state index in [-0.39, 0.29) is 5.25 Å². The summed E-state index contributed by atoms with van der Waals surface area (Å²) in [6.45, 7) is 4.42. The molecule has 0 aromatic carbocycles. The second kappa shape index (κ2) is 3.50. The molecule has 12 heavy (non-hydrogen) atoms. The van der Waals surface area contributed by atoms with Crippen LogP contribution in [-0.4, -0.2) is 35.5 Å². The SMILES string of the molecule is CCSC(C)C1CN(C)C1(F)F. The van der Waals surface area contributed by atoms with Gasteiger partial charge in [-0.3, -0.25) is 0 Å². The van der Waals surface area contributed by atoms with E-state index in [1.807, 2.05) is 13.8 Å². The molecule has 2 unspecified atom stereocenters. The Bertz CT molecular complexity index is 163. The van der Waals surface area contributed by atoms with Crippen LogP contribution in [-0.2, 0) is 0 Å². The Morgan fingerprint density at radius 2 is 2.25 bits per heavy atom. The normalized spacial score (nSPS) is 31.2. The number of hydrogen-bond donors (Lipinski definition) is 0. The van der Waals surface area contributed by atoms with Gasteiger partial charge in [-0.05, 0) is 12.8 Å². The molecule has 1 nitrogen and oxygen atoms in total. The molecule has 1 saturated heterocycles. The van der Waals surface area contributed by atoms with Crippen molar-refractivity contribution in [3.8, 4) is 0 Å². The fourth-order valence-corrected chi connectivity index (χ4v) is 2.51. The van der Waals surface area contributed by atoms with Crippen LogP contribution in [0.15, 0.2) is 0 Å². The maximum Gasteiger partial charge on any atom is 0.309 e. The van der Waals surface area contributed by atoms with Gasteiger partial charge in [0.05, 0.1) is 5.92 Å². The van der Waals surface area contributed by atoms with E-state index in [0.717, 1.165) is 10.7 Å². The number of hydrogen-bond acceptors (Lipinski definition) is 2. The standard InChI is InChI=1S/C8H15F2NS/c1-4-12-6(2)7-5-11(3)8(7,9)10/h6-7H,4-5H2,1-3H3. The highest BCUT2D eigenvalue weighted by atomic mass is 32.2. The zero-order valence-corrected chi connectivity index (χ0v) is 8.50. The number of likely N-dealkylation sites (tertiary alicyclic amines) is 1. The van der Waals surface area contributed by atoms with Crippen LogP contribution in [0.5, 0.6) is 0 Å². The van der Waals surface area contributed by atoms with Crippen LogP contribution < -0.4 is 0 Å². The van der Waals surface area contributed by atoms with Gasteiger partial charge in [-0.2, -0.15) is 20.5 Å². The first-order valence-electron chi connectivity index (χ1n) is 4.20. The van der Waals surface area contributed by atoms with Crippen molar-refractivity contribution < 1.29 is 8.78 Å². The number of nitrogens with zero attached hydrogens (tertiary/aromatic N) is 1. The lowest BCUT2D eigenvalue weighted by Crippen LogP contribution is -2.62. The summed E-state index contributed by atoms with van der Waals surface area (Å²) in [6, 6.07) is -2.57. The van der Waals surface area contributed by atoms with E-state index in [1.165, 1.54) is 7.05 Å². The molecule has 0 spiro atoms. The van der Waals surface area contributed by atoms with Gasteiger partial charge < -0.3 is 0 Å². The van der Waals surface area contributed by atoms with Gasteiger partial charge in [-0.15, -0.1) is 0 Å². The minimum Gasteiger partial charge on any atom is -0.247 e. The summed E-state index contributed by atoms with van der Waals surface area (Å²) in [7, 11) is 1.47. The molecule has 0 saturated carbocycles. The predicted octanol–water partition coefficient (Wildman–Crippen LogP) is 2.28. The molecule has 2 atom stereocenters. The lowest BCUT2D eigenvalue weighted by atomic mass is 9.94. The molecule has 0 bridgehead atoms. The monoisotopic (exact) mass is 195 g/mol. The van der Waals surface area contributed by atoms with Crippen LogP contribution >= 0.6 is 11.8 Å². The molecule has 0 amide bonds. The maximum absolute atomic E-state index is 13.1. The maximum atomic E-state index is 13.1. The lowest BCUT2D eigenvalue weighted by molar-refractivity contribution is -0.251. The van der Waals surface area contributed by atoms with Crippen LogP contribution in [0.3, 0.4) is 0 Å². The van der Waals surface area contributed by atoms with Gasteiger partial charge >= 0.3 is 6.05 Å². The Labute approximate surface area is 76.5 Å². The van der Waals surface area contributed by atoms with E-state index in [2.05, 4.69) is 0 Å². The van der Waals surface area contributed by atoms with Crippen molar-refractivity contribution >= 4 is 11.8 Å². The topological polar surface area (TPSA) is 3.24 Å². The van der Waals surface area contributed by atoms with Crippen LogP contribution in [0.1, 0.15) is 13.8 Å². The van der Waals surface area contributed by atoms with Crippen molar-refractivity contribution in [3.05, 3.63) is 0 Å². The largest absolute Gasteiger partial charge is 0.309 e. The molecule has 72 valence electrons. The number of thioether (sulfide) groups is 1. The highest BCUT2D eigenvalue weighted by Gasteiger charge is 2.55. The van der Waals surface area contributed by atoms with Gasteiger partial charge in [-0.25, -0.2) is 4.90 Å². The fourth-order valence-electron chi connectivity index (χ4n) is 1.51. The molecule has 1 rings (SSSR count). The van der Waals surface area contributed by atoms with Gasteiger partial charge in [0.25, 0.3) is 0 Å². The first-order valence-corrected chi connectivity index (χ1v) is 5.25. The van der Waals surface area contributed by atoms with Crippen molar-refractivity contribution in [2.24, 2.45) is 5.92 Å². The molecule has 0 N–H and O–H groups in total. The van der Waals surface area contributed by atoms with Crippen molar-refractivity contribution in [3.63, 3.8) is 0 Å². The zero-order chi connectivity index (χ0) is 9.35. The third-order valence-corrected chi connectivity index (χ3v) is 3.61.